The Morgan fingerprint density at radius 1 is 0.844 bits per heavy atom. The molecule has 10 heteroatoms. The van der Waals surface area contributed by atoms with Crippen LogP contribution in [0.15, 0.2) is 54.6 Å². The Bertz CT molecular complexity index is 1180. The van der Waals surface area contributed by atoms with Crippen molar-refractivity contribution >= 4 is 24.0 Å². The number of carbonyl (C=O) groups excluding carboxylic acids is 2. The summed E-state index contributed by atoms with van der Waals surface area (Å²) in [6.07, 6.45) is 4.95. The maximum atomic E-state index is 12.4. The number of hydrogen-bond donors (Lipinski definition) is 3. The third kappa shape index (κ3) is 17.7. The highest BCUT2D eigenvalue weighted by molar-refractivity contribution is 5.79. The zero-order valence-electron chi connectivity index (χ0n) is 26.8. The minimum Gasteiger partial charge on any atom is -0.494 e. The van der Waals surface area contributed by atoms with Gasteiger partial charge >= 0.3 is 24.0 Å². The van der Waals surface area contributed by atoms with E-state index in [0.717, 1.165) is 36.8 Å². The monoisotopic (exact) mass is 627 g/mol. The van der Waals surface area contributed by atoms with Crippen LogP contribution in [0.2, 0.25) is 0 Å². The molecule has 0 saturated carbocycles. The normalized spacial score (nSPS) is 12.5. The number of unbranched alkanes of at least 4 members (excludes halogenated alkanes) is 3. The molecular formula is C35H49NO9. The second-order valence-corrected chi connectivity index (χ2v) is 12.3. The SMILES string of the molecule is CC(C)(C)OC(=O)CC(CC(CCCCCCC(=O)O)Cc1ccc(OCCCNC(=O)OCc2ccccc2)cc1)C(=O)O. The lowest BCUT2D eigenvalue weighted by Gasteiger charge is -2.24. The Labute approximate surface area is 266 Å². The van der Waals surface area contributed by atoms with Gasteiger partial charge in [0.25, 0.3) is 0 Å². The van der Waals surface area contributed by atoms with Crippen molar-refractivity contribution in [3.63, 3.8) is 0 Å². The van der Waals surface area contributed by atoms with Crippen LogP contribution in [-0.2, 0) is 36.9 Å². The maximum absolute atomic E-state index is 12.4. The molecule has 0 spiro atoms. The van der Waals surface area contributed by atoms with Gasteiger partial charge in [-0.25, -0.2) is 4.79 Å². The fourth-order valence-electron chi connectivity index (χ4n) is 4.91. The van der Waals surface area contributed by atoms with E-state index in [1.165, 1.54) is 0 Å². The summed E-state index contributed by atoms with van der Waals surface area (Å²) >= 11 is 0. The van der Waals surface area contributed by atoms with Gasteiger partial charge in [-0.15, -0.1) is 0 Å². The van der Waals surface area contributed by atoms with Crippen LogP contribution >= 0.6 is 0 Å². The summed E-state index contributed by atoms with van der Waals surface area (Å²) in [7, 11) is 0. The molecule has 0 aliphatic rings. The summed E-state index contributed by atoms with van der Waals surface area (Å²) < 4.78 is 16.4. The summed E-state index contributed by atoms with van der Waals surface area (Å²) in [6.45, 7) is 6.29. The first-order chi connectivity index (χ1) is 21.4. The Balaban J connectivity index is 1.85. The topological polar surface area (TPSA) is 148 Å². The van der Waals surface area contributed by atoms with E-state index in [2.05, 4.69) is 5.32 Å². The zero-order chi connectivity index (χ0) is 33.1. The summed E-state index contributed by atoms with van der Waals surface area (Å²) in [5.41, 5.74) is 1.26. The van der Waals surface area contributed by atoms with Crippen LogP contribution in [0.3, 0.4) is 0 Å². The van der Waals surface area contributed by atoms with Gasteiger partial charge in [0.1, 0.15) is 18.0 Å². The van der Waals surface area contributed by atoms with Crippen molar-refractivity contribution in [3.8, 4) is 5.75 Å². The van der Waals surface area contributed by atoms with Crippen molar-refractivity contribution in [2.75, 3.05) is 13.2 Å². The number of aliphatic carboxylic acids is 2. The standard InChI is InChI=1S/C35H49NO9/c1-35(2,3)45-32(39)24-29(33(40)41)23-28(14-7-4-5-10-15-31(37)38)22-26-16-18-30(19-17-26)43-21-11-20-36-34(42)44-25-27-12-8-6-9-13-27/h6,8-9,12-13,16-19,28-29H,4-5,7,10-11,14-15,20-25H2,1-3H3,(H,36,42)(H,37,38)(H,40,41). The number of carboxylic acid groups (broad SMARTS) is 2. The zero-order valence-corrected chi connectivity index (χ0v) is 26.8. The van der Waals surface area contributed by atoms with Crippen LogP contribution in [0.25, 0.3) is 0 Å². The number of ether oxygens (including phenoxy) is 3. The molecule has 2 aromatic rings. The molecule has 2 atom stereocenters. The Kier molecular flexibility index (Phi) is 16.5. The Hall–Kier alpha value is -4.08. The molecule has 0 heterocycles. The third-order valence-corrected chi connectivity index (χ3v) is 7.07. The van der Waals surface area contributed by atoms with Gasteiger partial charge in [-0.1, -0.05) is 68.1 Å². The lowest BCUT2D eigenvalue weighted by Crippen LogP contribution is -2.28. The number of alkyl carbamates (subject to hydrolysis) is 1. The van der Waals surface area contributed by atoms with Crippen LogP contribution in [0.1, 0.15) is 89.7 Å². The third-order valence-electron chi connectivity index (χ3n) is 7.07. The first kappa shape index (κ1) is 37.1. The number of nitrogens with one attached hydrogen (secondary N) is 1. The summed E-state index contributed by atoms with van der Waals surface area (Å²) in [4.78, 5) is 47.1. The van der Waals surface area contributed by atoms with Gasteiger partial charge in [0.2, 0.25) is 0 Å². The van der Waals surface area contributed by atoms with E-state index in [1.807, 2.05) is 54.6 Å². The van der Waals surface area contributed by atoms with Gasteiger partial charge in [-0.3, -0.25) is 14.4 Å². The maximum Gasteiger partial charge on any atom is 0.407 e. The highest BCUT2D eigenvalue weighted by Gasteiger charge is 2.28. The smallest absolute Gasteiger partial charge is 0.407 e. The van der Waals surface area contributed by atoms with Gasteiger partial charge in [0, 0.05) is 13.0 Å². The quantitative estimate of drug-likeness (QED) is 0.100. The molecule has 0 radical (unpaired) electrons. The largest absolute Gasteiger partial charge is 0.494 e. The molecule has 0 aliphatic carbocycles. The van der Waals surface area contributed by atoms with Gasteiger partial charge < -0.3 is 29.7 Å². The molecule has 0 bridgehead atoms. The number of rotatable bonds is 21. The van der Waals surface area contributed by atoms with Crippen molar-refractivity contribution in [2.24, 2.45) is 11.8 Å². The van der Waals surface area contributed by atoms with E-state index >= 15 is 0 Å². The highest BCUT2D eigenvalue weighted by atomic mass is 16.6. The van der Waals surface area contributed by atoms with Crippen molar-refractivity contribution in [1.82, 2.24) is 5.32 Å². The molecule has 10 nitrogen and oxygen atoms in total. The van der Waals surface area contributed by atoms with Crippen molar-refractivity contribution in [3.05, 3.63) is 65.7 Å². The fourth-order valence-corrected chi connectivity index (χ4v) is 4.91. The lowest BCUT2D eigenvalue weighted by molar-refractivity contribution is -0.160. The average Bonchev–Trinajstić information content (AvgIpc) is 2.97. The molecule has 0 aliphatic heterocycles. The van der Waals surface area contributed by atoms with Crippen molar-refractivity contribution in [1.29, 1.82) is 0 Å². The van der Waals surface area contributed by atoms with E-state index in [1.54, 1.807) is 20.8 Å². The van der Waals surface area contributed by atoms with Crippen LogP contribution < -0.4 is 10.1 Å². The number of benzene rings is 2. The first-order valence-corrected chi connectivity index (χ1v) is 15.7. The van der Waals surface area contributed by atoms with Crippen LogP contribution in [0.5, 0.6) is 5.75 Å². The number of esters is 1. The molecule has 248 valence electrons. The minimum absolute atomic E-state index is 0.0208. The number of carbonyl (C=O) groups is 4. The molecule has 1 amide bonds. The molecule has 2 unspecified atom stereocenters. The summed E-state index contributed by atoms with van der Waals surface area (Å²) in [6, 6.07) is 17.1. The number of carboxylic acids is 2. The molecule has 2 aromatic carbocycles. The molecule has 2 rings (SSSR count). The van der Waals surface area contributed by atoms with Crippen LogP contribution in [0.4, 0.5) is 4.79 Å². The molecule has 0 aromatic heterocycles. The minimum atomic E-state index is -1.02. The van der Waals surface area contributed by atoms with E-state index in [4.69, 9.17) is 19.3 Å². The molecule has 0 saturated heterocycles. The van der Waals surface area contributed by atoms with E-state index < -0.39 is 35.5 Å². The molecular weight excluding hydrogens is 578 g/mol. The van der Waals surface area contributed by atoms with E-state index in [9.17, 15) is 24.3 Å². The highest BCUT2D eigenvalue weighted by Crippen LogP contribution is 2.27. The van der Waals surface area contributed by atoms with Gasteiger partial charge in [0.05, 0.1) is 18.9 Å². The van der Waals surface area contributed by atoms with Crippen LogP contribution in [-0.4, -0.2) is 53.0 Å². The average molecular weight is 628 g/mol. The number of amides is 1. The summed E-state index contributed by atoms with van der Waals surface area (Å²) in [5.74, 6) is -2.49. The second kappa shape index (κ2) is 20.0. The second-order valence-electron chi connectivity index (χ2n) is 12.3. The Morgan fingerprint density at radius 2 is 1.53 bits per heavy atom. The molecule has 3 N–H and O–H groups in total. The predicted octanol–water partition coefficient (Wildman–Crippen LogP) is 6.79. The molecule has 45 heavy (non-hydrogen) atoms. The van der Waals surface area contributed by atoms with Gasteiger partial charge in [0.15, 0.2) is 0 Å². The predicted molar refractivity (Wildman–Crippen MR) is 170 cm³/mol. The summed E-state index contributed by atoms with van der Waals surface area (Å²) in [5, 5.41) is 21.4. The lowest BCUT2D eigenvalue weighted by atomic mass is 9.84. The van der Waals surface area contributed by atoms with Gasteiger partial charge in [-0.2, -0.15) is 0 Å². The number of hydrogen-bond acceptors (Lipinski definition) is 7. The van der Waals surface area contributed by atoms with E-state index in [0.29, 0.717) is 44.6 Å². The van der Waals surface area contributed by atoms with Gasteiger partial charge in [-0.05, 0) is 75.6 Å². The molecule has 0 fully saturated rings. The van der Waals surface area contributed by atoms with Crippen molar-refractivity contribution < 1.29 is 43.6 Å². The Morgan fingerprint density at radius 3 is 2.18 bits per heavy atom. The van der Waals surface area contributed by atoms with Crippen molar-refractivity contribution in [2.45, 2.75) is 97.2 Å². The van der Waals surface area contributed by atoms with E-state index in [-0.39, 0.29) is 25.4 Å². The fraction of sp³-hybridized carbons (Fsp3) is 0.543. The first-order valence-electron chi connectivity index (χ1n) is 15.7. The van der Waals surface area contributed by atoms with Crippen LogP contribution in [0, 0.1) is 11.8 Å².